The lowest BCUT2D eigenvalue weighted by molar-refractivity contribution is 0.150. The highest BCUT2D eigenvalue weighted by Gasteiger charge is 2.24. The molecule has 26 heavy (non-hydrogen) atoms. The summed E-state index contributed by atoms with van der Waals surface area (Å²) in [7, 11) is 0. The second-order valence-corrected chi connectivity index (χ2v) is 7.75. The van der Waals surface area contributed by atoms with Crippen LogP contribution in [0.5, 0.6) is 0 Å². The van der Waals surface area contributed by atoms with E-state index in [1.54, 1.807) is 6.33 Å². The maximum absolute atomic E-state index is 4.84. The molecule has 2 aromatic heterocycles. The van der Waals surface area contributed by atoms with Crippen LogP contribution in [-0.4, -0.2) is 37.2 Å². The monoisotopic (exact) mass is 354 g/mol. The molecule has 0 atom stereocenters. The van der Waals surface area contributed by atoms with Gasteiger partial charge in [0.05, 0.1) is 17.9 Å². The summed E-state index contributed by atoms with van der Waals surface area (Å²) in [6.07, 6.45) is 9.77. The van der Waals surface area contributed by atoms with Gasteiger partial charge >= 0.3 is 0 Å². The molecule has 0 bridgehead atoms. The number of hydrogen-bond donors (Lipinski definition) is 1. The molecule has 6 heteroatoms. The molecule has 0 radical (unpaired) electrons. The molecule has 1 saturated carbocycles. The third-order valence-electron chi connectivity index (χ3n) is 5.96. The molecule has 1 N–H and O–H groups in total. The van der Waals surface area contributed by atoms with Crippen molar-refractivity contribution >= 4 is 5.82 Å². The Labute approximate surface area is 156 Å². The van der Waals surface area contributed by atoms with E-state index in [1.165, 1.54) is 50.8 Å². The number of rotatable bonds is 4. The molecule has 6 nitrogen and oxygen atoms in total. The van der Waals surface area contributed by atoms with Gasteiger partial charge in [-0.15, -0.1) is 0 Å². The summed E-state index contributed by atoms with van der Waals surface area (Å²) in [6, 6.07) is 3.05. The molecule has 3 heterocycles. The van der Waals surface area contributed by atoms with Crippen molar-refractivity contribution in [3.8, 4) is 0 Å². The number of anilines is 1. The van der Waals surface area contributed by atoms with Gasteiger partial charge in [0.2, 0.25) is 0 Å². The molecule has 0 saturated heterocycles. The minimum atomic E-state index is 0.709. The minimum Gasteiger partial charge on any atom is -0.364 e. The van der Waals surface area contributed by atoms with E-state index in [1.807, 2.05) is 6.92 Å². The first-order valence-electron chi connectivity index (χ1n) is 10.0. The number of aromatic nitrogens is 4. The van der Waals surface area contributed by atoms with Crippen molar-refractivity contribution in [3.05, 3.63) is 35.0 Å². The predicted molar refractivity (Wildman–Crippen MR) is 103 cm³/mol. The summed E-state index contributed by atoms with van der Waals surface area (Å²) >= 11 is 0. The van der Waals surface area contributed by atoms with Gasteiger partial charge in [-0.3, -0.25) is 9.58 Å². The van der Waals surface area contributed by atoms with Gasteiger partial charge in [-0.2, -0.15) is 5.10 Å². The lowest BCUT2D eigenvalue weighted by Crippen LogP contribution is -2.36. The van der Waals surface area contributed by atoms with Crippen molar-refractivity contribution in [1.29, 1.82) is 0 Å². The molecule has 0 aromatic carbocycles. The molecule has 1 aliphatic carbocycles. The van der Waals surface area contributed by atoms with Crippen molar-refractivity contribution < 1.29 is 0 Å². The Balaban J connectivity index is 1.43. The highest BCUT2D eigenvalue weighted by Crippen LogP contribution is 2.26. The smallest absolute Gasteiger partial charge is 0.132 e. The molecule has 0 amide bonds. The summed E-state index contributed by atoms with van der Waals surface area (Å²) < 4.78 is 2.22. The van der Waals surface area contributed by atoms with Crippen LogP contribution in [-0.2, 0) is 19.6 Å². The fraction of sp³-hybridized carbons (Fsp3) is 0.650. The van der Waals surface area contributed by atoms with Crippen molar-refractivity contribution in [1.82, 2.24) is 24.6 Å². The molecular formula is C20H30N6. The first kappa shape index (κ1) is 17.5. The Kier molecular flexibility index (Phi) is 5.20. The summed E-state index contributed by atoms with van der Waals surface area (Å²) in [5.74, 6) is 0.907. The van der Waals surface area contributed by atoms with Crippen LogP contribution < -0.4 is 5.32 Å². The average molecular weight is 355 g/mol. The van der Waals surface area contributed by atoms with Crippen LogP contribution in [0, 0.1) is 13.8 Å². The van der Waals surface area contributed by atoms with Crippen molar-refractivity contribution in [2.45, 2.75) is 78.0 Å². The molecule has 4 rings (SSSR count). The summed E-state index contributed by atoms with van der Waals surface area (Å²) in [6.45, 7) is 8.07. The van der Waals surface area contributed by atoms with E-state index >= 15 is 0 Å². The van der Waals surface area contributed by atoms with Crippen molar-refractivity contribution in [2.24, 2.45) is 0 Å². The molecular weight excluding hydrogens is 324 g/mol. The summed E-state index contributed by atoms with van der Waals surface area (Å²) in [5.41, 5.74) is 4.59. The number of hydrogen-bond acceptors (Lipinski definition) is 5. The van der Waals surface area contributed by atoms with Gasteiger partial charge in [-0.25, -0.2) is 9.97 Å². The van der Waals surface area contributed by atoms with E-state index in [4.69, 9.17) is 5.10 Å². The van der Waals surface area contributed by atoms with Gasteiger partial charge < -0.3 is 5.32 Å². The molecule has 1 fully saturated rings. The van der Waals surface area contributed by atoms with E-state index < -0.39 is 0 Å². The Morgan fingerprint density at radius 1 is 1.08 bits per heavy atom. The predicted octanol–water partition coefficient (Wildman–Crippen LogP) is 3.44. The Hall–Kier alpha value is -1.95. The lowest BCUT2D eigenvalue weighted by atomic mass is 9.94. The van der Waals surface area contributed by atoms with Crippen LogP contribution in [0.2, 0.25) is 0 Å². The molecule has 0 unspecified atom stereocenters. The topological polar surface area (TPSA) is 58.9 Å². The summed E-state index contributed by atoms with van der Waals surface area (Å²) in [4.78, 5) is 11.3. The van der Waals surface area contributed by atoms with Crippen LogP contribution in [0.1, 0.15) is 61.2 Å². The zero-order chi connectivity index (χ0) is 17.9. The van der Waals surface area contributed by atoms with Crippen LogP contribution in [0.25, 0.3) is 0 Å². The Morgan fingerprint density at radius 2 is 1.92 bits per heavy atom. The Bertz CT molecular complexity index is 747. The van der Waals surface area contributed by atoms with E-state index in [-0.39, 0.29) is 0 Å². The quantitative estimate of drug-likeness (QED) is 0.911. The lowest BCUT2D eigenvalue weighted by Gasteiger charge is -2.33. The van der Waals surface area contributed by atoms with E-state index in [0.29, 0.717) is 6.54 Å². The van der Waals surface area contributed by atoms with Gasteiger partial charge in [0.15, 0.2) is 0 Å². The molecule has 0 spiro atoms. The largest absolute Gasteiger partial charge is 0.364 e. The minimum absolute atomic E-state index is 0.709. The van der Waals surface area contributed by atoms with Gasteiger partial charge in [-0.1, -0.05) is 19.3 Å². The maximum atomic E-state index is 4.84. The normalized spacial score (nSPS) is 19.2. The Morgan fingerprint density at radius 3 is 2.77 bits per heavy atom. The number of nitrogens with zero attached hydrogens (tertiary/aromatic N) is 5. The van der Waals surface area contributed by atoms with E-state index in [2.05, 4.69) is 37.9 Å². The van der Waals surface area contributed by atoms with Crippen LogP contribution >= 0.6 is 0 Å². The van der Waals surface area contributed by atoms with Gasteiger partial charge in [-0.05, 0) is 39.2 Å². The molecule has 140 valence electrons. The van der Waals surface area contributed by atoms with Gasteiger partial charge in [0.25, 0.3) is 0 Å². The van der Waals surface area contributed by atoms with E-state index in [9.17, 15) is 0 Å². The summed E-state index contributed by atoms with van der Waals surface area (Å²) in [5, 5.41) is 8.27. The van der Waals surface area contributed by atoms with Crippen molar-refractivity contribution in [3.63, 3.8) is 0 Å². The number of aryl methyl sites for hydroxylation is 2. The highest BCUT2D eigenvalue weighted by molar-refractivity contribution is 5.44. The standard InChI is InChI=1S/C20H30N6/c1-15-16(2)22-14-23-20(15)21-12-17-11-19-13-25(9-6-10-26(19)24-17)18-7-4-3-5-8-18/h11,14,18H,3-10,12-13H2,1-2H3,(H,21,22,23). The van der Waals surface area contributed by atoms with Crippen molar-refractivity contribution in [2.75, 3.05) is 11.9 Å². The zero-order valence-corrected chi connectivity index (χ0v) is 16.0. The zero-order valence-electron chi connectivity index (χ0n) is 16.0. The first-order valence-corrected chi connectivity index (χ1v) is 10.0. The van der Waals surface area contributed by atoms with Crippen LogP contribution in [0.3, 0.4) is 0 Å². The van der Waals surface area contributed by atoms with Gasteiger partial charge in [0.1, 0.15) is 12.1 Å². The van der Waals surface area contributed by atoms with Gasteiger partial charge in [0, 0.05) is 36.9 Å². The number of fused-ring (bicyclic) bond motifs is 1. The molecule has 2 aliphatic rings. The van der Waals surface area contributed by atoms with E-state index in [0.717, 1.165) is 41.9 Å². The highest BCUT2D eigenvalue weighted by atomic mass is 15.3. The fourth-order valence-electron chi connectivity index (χ4n) is 4.28. The van der Waals surface area contributed by atoms with Crippen LogP contribution in [0.15, 0.2) is 12.4 Å². The maximum Gasteiger partial charge on any atom is 0.132 e. The SMILES string of the molecule is Cc1ncnc(NCc2cc3n(n2)CCCN(C2CCCCC2)C3)c1C. The average Bonchev–Trinajstić information content (AvgIpc) is 2.94. The first-order chi connectivity index (χ1) is 12.7. The number of nitrogens with one attached hydrogen (secondary N) is 1. The fourth-order valence-corrected chi connectivity index (χ4v) is 4.28. The third-order valence-corrected chi connectivity index (χ3v) is 5.96. The van der Waals surface area contributed by atoms with Crippen LogP contribution in [0.4, 0.5) is 5.82 Å². The molecule has 1 aliphatic heterocycles. The second kappa shape index (κ2) is 7.74. The molecule has 2 aromatic rings. The second-order valence-electron chi connectivity index (χ2n) is 7.75. The third kappa shape index (κ3) is 3.75.